The fourth-order valence-corrected chi connectivity index (χ4v) is 1.36. The van der Waals surface area contributed by atoms with Gasteiger partial charge in [-0.3, -0.25) is 9.59 Å². The first-order valence-corrected chi connectivity index (χ1v) is 5.34. The van der Waals surface area contributed by atoms with E-state index in [-0.39, 0.29) is 23.9 Å². The van der Waals surface area contributed by atoms with E-state index >= 15 is 0 Å². The van der Waals surface area contributed by atoms with Crippen LogP contribution in [0.3, 0.4) is 0 Å². The second kappa shape index (κ2) is 4.39. The van der Waals surface area contributed by atoms with Crippen LogP contribution >= 0.6 is 11.6 Å². The molecule has 0 aliphatic heterocycles. The molecule has 2 unspecified atom stereocenters. The smallest absolute Gasteiger partial charge is 0.311 e. The third-order valence-electron chi connectivity index (χ3n) is 2.00. The van der Waals surface area contributed by atoms with Crippen LogP contribution in [0, 0.1) is 11.8 Å². The number of rotatable bonds is 3. The lowest BCUT2D eigenvalue weighted by Crippen LogP contribution is -2.25. The molecule has 5 heteroatoms. The van der Waals surface area contributed by atoms with Crippen molar-refractivity contribution in [3.05, 3.63) is 0 Å². The summed E-state index contributed by atoms with van der Waals surface area (Å²) in [6.07, 6.45) is 0.505. The van der Waals surface area contributed by atoms with Gasteiger partial charge in [0, 0.05) is 0 Å². The highest BCUT2D eigenvalue weighted by molar-refractivity contribution is 6.17. The van der Waals surface area contributed by atoms with Crippen LogP contribution in [-0.2, 0) is 19.1 Å². The minimum Gasteiger partial charge on any atom is -0.460 e. The van der Waals surface area contributed by atoms with E-state index in [1.165, 1.54) is 0 Å². The van der Waals surface area contributed by atoms with Crippen molar-refractivity contribution in [2.24, 2.45) is 11.8 Å². The van der Waals surface area contributed by atoms with Crippen molar-refractivity contribution in [1.29, 1.82) is 0 Å². The van der Waals surface area contributed by atoms with Crippen LogP contribution in [0.2, 0.25) is 0 Å². The lowest BCUT2D eigenvalue weighted by Gasteiger charge is -2.19. The first-order valence-electron chi connectivity index (χ1n) is 4.80. The summed E-state index contributed by atoms with van der Waals surface area (Å²) in [5, 5.41) is 0. The zero-order valence-corrected chi connectivity index (χ0v) is 9.84. The van der Waals surface area contributed by atoms with Gasteiger partial charge in [-0.25, -0.2) is 0 Å². The molecule has 0 bridgehead atoms. The van der Waals surface area contributed by atoms with E-state index in [4.69, 9.17) is 16.3 Å². The van der Waals surface area contributed by atoms with Crippen LogP contribution in [0.1, 0.15) is 27.2 Å². The van der Waals surface area contributed by atoms with Gasteiger partial charge < -0.3 is 9.47 Å². The molecule has 1 saturated carbocycles. The van der Waals surface area contributed by atoms with E-state index in [1.807, 2.05) is 0 Å². The van der Waals surface area contributed by atoms with Crippen LogP contribution < -0.4 is 0 Å². The second-order valence-corrected chi connectivity index (χ2v) is 4.77. The van der Waals surface area contributed by atoms with Crippen molar-refractivity contribution in [3.63, 3.8) is 0 Å². The molecule has 1 fully saturated rings. The van der Waals surface area contributed by atoms with E-state index < -0.39 is 11.6 Å². The summed E-state index contributed by atoms with van der Waals surface area (Å²) in [4.78, 5) is 22.6. The summed E-state index contributed by atoms with van der Waals surface area (Å²) in [6, 6.07) is -0.170. The number of hydrogen-bond acceptors (Lipinski definition) is 4. The Morgan fingerprint density at radius 1 is 1.27 bits per heavy atom. The zero-order chi connectivity index (χ0) is 11.6. The molecule has 0 spiro atoms. The van der Waals surface area contributed by atoms with Crippen LogP contribution in [-0.4, -0.2) is 23.6 Å². The summed E-state index contributed by atoms with van der Waals surface area (Å²) in [5.41, 5.74) is -0.513. The van der Waals surface area contributed by atoms with E-state index in [9.17, 15) is 9.59 Å². The van der Waals surface area contributed by atoms with Gasteiger partial charge >= 0.3 is 11.9 Å². The molecular formula is C10H15ClO4. The number of alkyl halides is 1. The van der Waals surface area contributed by atoms with Crippen LogP contribution in [0.15, 0.2) is 0 Å². The summed E-state index contributed by atoms with van der Waals surface area (Å²) in [6.45, 7) is 5.37. The molecule has 1 aliphatic carbocycles. The molecular weight excluding hydrogens is 220 g/mol. The largest absolute Gasteiger partial charge is 0.460 e. The van der Waals surface area contributed by atoms with Gasteiger partial charge in [0.05, 0.1) is 11.8 Å². The molecule has 1 aliphatic rings. The van der Waals surface area contributed by atoms with Crippen molar-refractivity contribution in [2.45, 2.75) is 32.8 Å². The average Bonchev–Trinajstić information content (AvgIpc) is 2.79. The number of halogens is 1. The quantitative estimate of drug-likeness (QED) is 0.551. The lowest BCUT2D eigenvalue weighted by atomic mass is 10.2. The molecule has 2 atom stereocenters. The number of esters is 2. The van der Waals surface area contributed by atoms with Gasteiger partial charge in [-0.1, -0.05) is 11.6 Å². The van der Waals surface area contributed by atoms with Crippen molar-refractivity contribution >= 4 is 23.5 Å². The van der Waals surface area contributed by atoms with Gasteiger partial charge in [0.2, 0.25) is 0 Å². The second-order valence-electron chi connectivity index (χ2n) is 4.55. The van der Waals surface area contributed by atoms with Crippen molar-refractivity contribution in [3.8, 4) is 0 Å². The summed E-state index contributed by atoms with van der Waals surface area (Å²) < 4.78 is 9.74. The maximum absolute atomic E-state index is 11.5. The lowest BCUT2D eigenvalue weighted by molar-refractivity contribution is -0.159. The normalized spacial score (nSPS) is 24.5. The third kappa shape index (κ3) is 3.70. The van der Waals surface area contributed by atoms with Crippen LogP contribution in [0.25, 0.3) is 0 Å². The Morgan fingerprint density at radius 2 is 1.80 bits per heavy atom. The van der Waals surface area contributed by atoms with Crippen molar-refractivity contribution < 1.29 is 19.1 Å². The maximum Gasteiger partial charge on any atom is 0.311 e. The Kier molecular flexibility index (Phi) is 3.60. The molecule has 15 heavy (non-hydrogen) atoms. The maximum atomic E-state index is 11.5. The SMILES string of the molecule is CC(C)(C)OC(=O)C1CC1C(=O)OCCl. The third-order valence-corrected chi connectivity index (χ3v) is 2.11. The van der Waals surface area contributed by atoms with Gasteiger partial charge in [0.25, 0.3) is 0 Å². The number of carbonyl (C=O) groups is 2. The van der Waals surface area contributed by atoms with Gasteiger partial charge in [-0.05, 0) is 27.2 Å². The van der Waals surface area contributed by atoms with E-state index in [2.05, 4.69) is 4.74 Å². The molecule has 0 aromatic heterocycles. The molecule has 0 amide bonds. The predicted octanol–water partition coefficient (Wildman–Crippen LogP) is 1.70. The molecule has 0 heterocycles. The van der Waals surface area contributed by atoms with E-state index in [0.29, 0.717) is 6.42 Å². The fraction of sp³-hybridized carbons (Fsp3) is 0.800. The van der Waals surface area contributed by atoms with Crippen LogP contribution in [0.5, 0.6) is 0 Å². The number of carbonyl (C=O) groups excluding carboxylic acids is 2. The Hall–Kier alpha value is -0.770. The molecule has 0 aromatic carbocycles. The monoisotopic (exact) mass is 234 g/mol. The van der Waals surface area contributed by atoms with Crippen molar-refractivity contribution in [1.82, 2.24) is 0 Å². The molecule has 4 nitrogen and oxygen atoms in total. The summed E-state index contributed by atoms with van der Waals surface area (Å²) in [5.74, 6) is -1.46. The average molecular weight is 235 g/mol. The number of ether oxygens (including phenoxy) is 2. The predicted molar refractivity (Wildman–Crippen MR) is 54.3 cm³/mol. The van der Waals surface area contributed by atoms with Gasteiger partial charge in [-0.15, -0.1) is 0 Å². The fourth-order valence-electron chi connectivity index (χ4n) is 1.25. The Balaban J connectivity index is 2.37. The number of hydrogen-bond donors (Lipinski definition) is 0. The standard InChI is InChI=1S/C10H15ClO4/c1-10(2,3)15-9(13)7-4-6(7)8(12)14-5-11/h6-7H,4-5H2,1-3H3. The van der Waals surface area contributed by atoms with E-state index in [1.54, 1.807) is 20.8 Å². The first-order chi connectivity index (χ1) is 6.85. The van der Waals surface area contributed by atoms with Crippen molar-refractivity contribution in [2.75, 3.05) is 6.07 Å². The zero-order valence-electron chi connectivity index (χ0n) is 9.08. The van der Waals surface area contributed by atoms with Gasteiger partial charge in [0.15, 0.2) is 6.07 Å². The summed E-state index contributed by atoms with van der Waals surface area (Å²) in [7, 11) is 0. The highest BCUT2D eigenvalue weighted by atomic mass is 35.5. The Morgan fingerprint density at radius 3 is 2.27 bits per heavy atom. The van der Waals surface area contributed by atoms with Gasteiger partial charge in [-0.2, -0.15) is 0 Å². The highest BCUT2D eigenvalue weighted by Crippen LogP contribution is 2.41. The molecule has 0 aromatic rings. The Bertz CT molecular complexity index is 269. The molecule has 0 saturated heterocycles. The molecule has 0 N–H and O–H groups in total. The van der Waals surface area contributed by atoms with Crippen LogP contribution in [0.4, 0.5) is 0 Å². The molecule has 1 rings (SSSR count). The minimum atomic E-state index is -0.513. The Labute approximate surface area is 93.9 Å². The summed E-state index contributed by atoms with van der Waals surface area (Å²) >= 11 is 5.24. The highest BCUT2D eigenvalue weighted by Gasteiger charge is 2.51. The minimum absolute atomic E-state index is 0.170. The van der Waals surface area contributed by atoms with E-state index in [0.717, 1.165) is 0 Å². The molecule has 86 valence electrons. The topological polar surface area (TPSA) is 52.6 Å². The first kappa shape index (κ1) is 12.3. The molecule has 0 radical (unpaired) electrons. The van der Waals surface area contributed by atoms with Gasteiger partial charge in [0.1, 0.15) is 5.60 Å².